The van der Waals surface area contributed by atoms with Crippen molar-refractivity contribution in [2.45, 2.75) is 19.3 Å². The molecule has 1 aliphatic rings. The number of primary amides is 1. The quantitative estimate of drug-likeness (QED) is 0.842. The van der Waals surface area contributed by atoms with Crippen LogP contribution in [0.5, 0.6) is 0 Å². The van der Waals surface area contributed by atoms with E-state index in [9.17, 15) is 9.59 Å². The second-order valence-electron chi connectivity index (χ2n) is 5.10. The Hall–Kier alpha value is -1.88. The highest BCUT2D eigenvalue weighted by Gasteiger charge is 2.11. The maximum atomic E-state index is 11.9. The third kappa shape index (κ3) is 4.06. The first kappa shape index (κ1) is 14.5. The Morgan fingerprint density at radius 2 is 1.65 bits per heavy atom. The van der Waals surface area contributed by atoms with Gasteiger partial charge in [-0.3, -0.25) is 9.59 Å². The van der Waals surface area contributed by atoms with Crippen LogP contribution in [-0.2, 0) is 0 Å². The van der Waals surface area contributed by atoms with Gasteiger partial charge in [-0.1, -0.05) is 6.42 Å². The van der Waals surface area contributed by atoms with Crippen molar-refractivity contribution in [1.29, 1.82) is 0 Å². The molecule has 1 heterocycles. The summed E-state index contributed by atoms with van der Waals surface area (Å²) < 4.78 is 0. The first-order chi connectivity index (χ1) is 9.66. The average molecular weight is 275 g/mol. The average Bonchev–Trinajstić information content (AvgIpc) is 2.48. The van der Waals surface area contributed by atoms with Crippen LogP contribution in [0, 0.1) is 0 Å². The summed E-state index contributed by atoms with van der Waals surface area (Å²) in [5.41, 5.74) is 6.12. The van der Waals surface area contributed by atoms with E-state index < -0.39 is 5.91 Å². The number of nitrogens with zero attached hydrogens (tertiary/aromatic N) is 1. The van der Waals surface area contributed by atoms with Gasteiger partial charge < -0.3 is 16.0 Å². The standard InChI is InChI=1S/C15H21N3O2/c16-14(19)12-4-6-13(7-5-12)15(20)17-8-11-18-9-2-1-3-10-18/h4-7H,1-3,8-11H2,(H2,16,19)(H,17,20). The van der Waals surface area contributed by atoms with Gasteiger partial charge in [0.25, 0.3) is 5.91 Å². The molecular formula is C15H21N3O2. The van der Waals surface area contributed by atoms with Gasteiger partial charge >= 0.3 is 0 Å². The van der Waals surface area contributed by atoms with Crippen molar-refractivity contribution in [1.82, 2.24) is 10.2 Å². The van der Waals surface area contributed by atoms with Gasteiger partial charge in [-0.05, 0) is 50.2 Å². The fraction of sp³-hybridized carbons (Fsp3) is 0.467. The Morgan fingerprint density at radius 1 is 1.05 bits per heavy atom. The van der Waals surface area contributed by atoms with Crippen molar-refractivity contribution >= 4 is 11.8 Å². The van der Waals surface area contributed by atoms with Crippen molar-refractivity contribution in [2.24, 2.45) is 5.73 Å². The van der Waals surface area contributed by atoms with Gasteiger partial charge in [-0.25, -0.2) is 0 Å². The summed E-state index contributed by atoms with van der Waals surface area (Å²) in [5, 5.41) is 2.90. The first-order valence-corrected chi connectivity index (χ1v) is 7.07. The number of nitrogens with one attached hydrogen (secondary N) is 1. The molecule has 5 heteroatoms. The predicted octanol–water partition coefficient (Wildman–Crippen LogP) is 1.00. The van der Waals surface area contributed by atoms with Crippen molar-refractivity contribution in [3.63, 3.8) is 0 Å². The number of rotatable bonds is 5. The number of hydrogen-bond acceptors (Lipinski definition) is 3. The third-order valence-electron chi connectivity index (χ3n) is 3.59. The highest BCUT2D eigenvalue weighted by Crippen LogP contribution is 2.07. The molecule has 2 rings (SSSR count). The Morgan fingerprint density at radius 3 is 2.25 bits per heavy atom. The zero-order valence-electron chi connectivity index (χ0n) is 11.6. The molecule has 0 aromatic heterocycles. The molecule has 1 aromatic rings. The Bertz CT molecular complexity index is 465. The van der Waals surface area contributed by atoms with Gasteiger partial charge in [-0.2, -0.15) is 0 Å². The normalized spacial score (nSPS) is 15.8. The largest absolute Gasteiger partial charge is 0.366 e. The Labute approximate surface area is 119 Å². The maximum absolute atomic E-state index is 11.9. The van der Waals surface area contributed by atoms with Crippen molar-refractivity contribution < 1.29 is 9.59 Å². The summed E-state index contributed by atoms with van der Waals surface area (Å²) in [5.74, 6) is -0.597. The third-order valence-corrected chi connectivity index (χ3v) is 3.59. The van der Waals surface area contributed by atoms with Crippen molar-refractivity contribution in [2.75, 3.05) is 26.2 Å². The fourth-order valence-electron chi connectivity index (χ4n) is 2.40. The highest BCUT2D eigenvalue weighted by molar-refractivity contribution is 5.97. The molecule has 1 aliphatic heterocycles. The summed E-state index contributed by atoms with van der Waals surface area (Å²) in [6.07, 6.45) is 3.82. The van der Waals surface area contributed by atoms with Crippen LogP contribution in [0.25, 0.3) is 0 Å². The molecule has 1 aromatic carbocycles. The van der Waals surface area contributed by atoms with Gasteiger partial charge in [0.1, 0.15) is 0 Å². The van der Waals surface area contributed by atoms with E-state index in [0.29, 0.717) is 17.7 Å². The van der Waals surface area contributed by atoms with E-state index in [4.69, 9.17) is 5.73 Å². The van der Waals surface area contributed by atoms with Crippen LogP contribution in [0.1, 0.15) is 40.0 Å². The summed E-state index contributed by atoms with van der Waals surface area (Å²) in [6.45, 7) is 3.80. The predicted molar refractivity (Wildman–Crippen MR) is 77.6 cm³/mol. The van der Waals surface area contributed by atoms with E-state index in [1.165, 1.54) is 19.3 Å². The van der Waals surface area contributed by atoms with Crippen LogP contribution in [0.15, 0.2) is 24.3 Å². The van der Waals surface area contributed by atoms with Crippen molar-refractivity contribution in [3.8, 4) is 0 Å². The molecular weight excluding hydrogens is 254 g/mol. The minimum atomic E-state index is -0.484. The summed E-state index contributed by atoms with van der Waals surface area (Å²) in [6, 6.07) is 6.39. The molecule has 1 fully saturated rings. The highest BCUT2D eigenvalue weighted by atomic mass is 16.2. The SMILES string of the molecule is NC(=O)c1ccc(C(=O)NCCN2CCCCC2)cc1. The summed E-state index contributed by atoms with van der Waals surface area (Å²) in [7, 11) is 0. The molecule has 108 valence electrons. The maximum Gasteiger partial charge on any atom is 0.251 e. The smallest absolute Gasteiger partial charge is 0.251 e. The lowest BCUT2D eigenvalue weighted by molar-refractivity contribution is 0.0944. The van der Waals surface area contributed by atoms with Crippen LogP contribution in [0.3, 0.4) is 0 Å². The molecule has 0 unspecified atom stereocenters. The van der Waals surface area contributed by atoms with E-state index in [0.717, 1.165) is 19.6 Å². The van der Waals surface area contributed by atoms with Crippen LogP contribution in [-0.4, -0.2) is 42.9 Å². The minimum absolute atomic E-state index is 0.113. The lowest BCUT2D eigenvalue weighted by Gasteiger charge is -2.26. The van der Waals surface area contributed by atoms with E-state index in [1.54, 1.807) is 24.3 Å². The zero-order valence-corrected chi connectivity index (χ0v) is 11.6. The molecule has 0 aliphatic carbocycles. The molecule has 0 spiro atoms. The minimum Gasteiger partial charge on any atom is -0.366 e. The molecule has 0 atom stereocenters. The lowest BCUT2D eigenvalue weighted by Crippen LogP contribution is -2.37. The molecule has 0 bridgehead atoms. The molecule has 5 nitrogen and oxygen atoms in total. The van der Waals surface area contributed by atoms with Gasteiger partial charge in [0.15, 0.2) is 0 Å². The number of amides is 2. The first-order valence-electron chi connectivity index (χ1n) is 7.07. The number of piperidine rings is 1. The number of likely N-dealkylation sites (tertiary alicyclic amines) is 1. The van der Waals surface area contributed by atoms with Crippen LogP contribution < -0.4 is 11.1 Å². The fourth-order valence-corrected chi connectivity index (χ4v) is 2.40. The Kier molecular flexibility index (Phi) is 5.12. The number of benzene rings is 1. The molecule has 20 heavy (non-hydrogen) atoms. The monoisotopic (exact) mass is 275 g/mol. The van der Waals surface area contributed by atoms with E-state index >= 15 is 0 Å². The zero-order chi connectivity index (χ0) is 14.4. The number of nitrogens with two attached hydrogens (primary N) is 1. The van der Waals surface area contributed by atoms with Crippen LogP contribution in [0.4, 0.5) is 0 Å². The van der Waals surface area contributed by atoms with E-state index in [1.807, 2.05) is 0 Å². The topological polar surface area (TPSA) is 75.4 Å². The lowest BCUT2D eigenvalue weighted by atomic mass is 10.1. The molecule has 0 radical (unpaired) electrons. The van der Waals surface area contributed by atoms with E-state index in [-0.39, 0.29) is 5.91 Å². The number of carbonyl (C=O) groups excluding carboxylic acids is 2. The molecule has 0 saturated carbocycles. The molecule has 1 saturated heterocycles. The van der Waals surface area contributed by atoms with Crippen molar-refractivity contribution in [3.05, 3.63) is 35.4 Å². The summed E-state index contributed by atoms with van der Waals surface area (Å²) in [4.78, 5) is 25.2. The van der Waals surface area contributed by atoms with E-state index in [2.05, 4.69) is 10.2 Å². The van der Waals surface area contributed by atoms with Gasteiger partial charge in [0, 0.05) is 24.2 Å². The van der Waals surface area contributed by atoms with Crippen LogP contribution >= 0.6 is 0 Å². The molecule has 2 amide bonds. The summed E-state index contributed by atoms with van der Waals surface area (Å²) >= 11 is 0. The van der Waals surface area contributed by atoms with Gasteiger partial charge in [0.2, 0.25) is 5.91 Å². The van der Waals surface area contributed by atoms with Crippen LogP contribution in [0.2, 0.25) is 0 Å². The second kappa shape index (κ2) is 7.05. The van der Waals surface area contributed by atoms with Gasteiger partial charge in [0.05, 0.1) is 0 Å². The Balaban J connectivity index is 1.77. The second-order valence-corrected chi connectivity index (χ2v) is 5.10. The number of carbonyl (C=O) groups is 2. The van der Waals surface area contributed by atoms with Gasteiger partial charge in [-0.15, -0.1) is 0 Å². The number of hydrogen-bond donors (Lipinski definition) is 2. The molecule has 3 N–H and O–H groups in total.